The summed E-state index contributed by atoms with van der Waals surface area (Å²) in [5.74, 6) is 1.04. The molecule has 1 amide bonds. The summed E-state index contributed by atoms with van der Waals surface area (Å²) in [6, 6.07) is 23.7. The molecule has 1 atom stereocenters. The second kappa shape index (κ2) is 9.39. The van der Waals surface area contributed by atoms with Crippen molar-refractivity contribution in [3.05, 3.63) is 95.7 Å². The summed E-state index contributed by atoms with van der Waals surface area (Å²) in [6.07, 6.45) is 2.04. The maximum absolute atomic E-state index is 12.9. The molecule has 0 bridgehead atoms. The van der Waals surface area contributed by atoms with Crippen LogP contribution in [0.3, 0.4) is 0 Å². The van der Waals surface area contributed by atoms with Gasteiger partial charge in [-0.1, -0.05) is 48.5 Å². The first kappa shape index (κ1) is 20.5. The van der Waals surface area contributed by atoms with E-state index >= 15 is 0 Å². The fourth-order valence-electron chi connectivity index (χ4n) is 3.86. The van der Waals surface area contributed by atoms with E-state index in [9.17, 15) is 4.79 Å². The van der Waals surface area contributed by atoms with Crippen molar-refractivity contribution in [3.63, 3.8) is 0 Å². The average Bonchev–Trinajstić information content (AvgIpc) is 3.24. The predicted molar refractivity (Wildman–Crippen MR) is 123 cm³/mol. The number of fused-ring (bicyclic) bond motifs is 1. The maximum atomic E-state index is 12.9. The molecular formula is C26H26N2O3. The van der Waals surface area contributed by atoms with Gasteiger partial charge in [0.25, 0.3) is 5.91 Å². The second-order valence-corrected chi connectivity index (χ2v) is 7.26. The van der Waals surface area contributed by atoms with Crippen LogP contribution in [0.4, 0.5) is 0 Å². The Morgan fingerprint density at radius 3 is 2.55 bits per heavy atom. The molecule has 0 aliphatic carbocycles. The van der Waals surface area contributed by atoms with E-state index in [1.54, 1.807) is 25.3 Å². The number of amides is 1. The minimum Gasteiger partial charge on any atom is -0.493 e. The average molecular weight is 415 g/mol. The third-order valence-electron chi connectivity index (χ3n) is 5.39. The Bertz CT molecular complexity index is 1170. The molecule has 4 aromatic rings. The summed E-state index contributed by atoms with van der Waals surface area (Å²) < 4.78 is 10.9. The van der Waals surface area contributed by atoms with Gasteiger partial charge in [-0.3, -0.25) is 4.79 Å². The van der Waals surface area contributed by atoms with Gasteiger partial charge in [0.05, 0.1) is 13.7 Å². The zero-order chi connectivity index (χ0) is 21.6. The molecule has 1 heterocycles. The summed E-state index contributed by atoms with van der Waals surface area (Å²) in [5.41, 5.74) is 3.93. The van der Waals surface area contributed by atoms with Crippen LogP contribution in [0, 0.1) is 0 Å². The van der Waals surface area contributed by atoms with E-state index in [0.717, 1.165) is 22.0 Å². The van der Waals surface area contributed by atoms with E-state index in [4.69, 9.17) is 9.47 Å². The molecule has 5 heteroatoms. The lowest BCUT2D eigenvalue weighted by atomic mass is 9.91. The number of carbonyl (C=O) groups is 1. The van der Waals surface area contributed by atoms with Crippen LogP contribution >= 0.6 is 0 Å². The first-order valence-corrected chi connectivity index (χ1v) is 10.4. The van der Waals surface area contributed by atoms with Crippen LogP contribution in [0.25, 0.3) is 10.9 Å². The molecule has 0 fully saturated rings. The van der Waals surface area contributed by atoms with Crippen LogP contribution in [0.15, 0.2) is 79.0 Å². The molecule has 0 aliphatic rings. The molecule has 4 rings (SSSR count). The molecule has 0 aliphatic heterocycles. The highest BCUT2D eigenvalue weighted by Gasteiger charge is 2.20. The van der Waals surface area contributed by atoms with Gasteiger partial charge in [0.2, 0.25) is 0 Å². The summed E-state index contributed by atoms with van der Waals surface area (Å²) in [5, 5.41) is 4.26. The monoisotopic (exact) mass is 414 g/mol. The first-order valence-electron chi connectivity index (χ1n) is 10.4. The maximum Gasteiger partial charge on any atom is 0.251 e. The number of hydrogen-bond acceptors (Lipinski definition) is 3. The van der Waals surface area contributed by atoms with Crippen LogP contribution < -0.4 is 14.8 Å². The molecule has 2 N–H and O–H groups in total. The highest BCUT2D eigenvalue weighted by molar-refractivity contribution is 5.95. The van der Waals surface area contributed by atoms with Crippen molar-refractivity contribution in [1.82, 2.24) is 10.3 Å². The van der Waals surface area contributed by atoms with Crippen molar-refractivity contribution < 1.29 is 14.3 Å². The number of aromatic nitrogens is 1. The number of rotatable bonds is 8. The Balaban J connectivity index is 1.59. The van der Waals surface area contributed by atoms with Crippen molar-refractivity contribution in [3.8, 4) is 11.5 Å². The molecule has 1 aromatic heterocycles. The van der Waals surface area contributed by atoms with Crippen LogP contribution in [-0.2, 0) is 0 Å². The largest absolute Gasteiger partial charge is 0.493 e. The van der Waals surface area contributed by atoms with Crippen LogP contribution in [0.1, 0.15) is 34.3 Å². The van der Waals surface area contributed by atoms with E-state index in [-0.39, 0.29) is 11.8 Å². The lowest BCUT2D eigenvalue weighted by Gasteiger charge is -2.18. The normalized spacial score (nSPS) is 11.8. The van der Waals surface area contributed by atoms with Gasteiger partial charge in [-0.25, -0.2) is 0 Å². The Morgan fingerprint density at radius 1 is 1.00 bits per heavy atom. The number of carbonyl (C=O) groups excluding carboxylic acids is 1. The molecule has 0 radical (unpaired) electrons. The fourth-order valence-corrected chi connectivity index (χ4v) is 3.86. The highest BCUT2D eigenvalue weighted by atomic mass is 16.5. The van der Waals surface area contributed by atoms with E-state index in [1.165, 1.54) is 0 Å². The van der Waals surface area contributed by atoms with Crippen LogP contribution in [-0.4, -0.2) is 31.2 Å². The molecule has 0 saturated carbocycles. The lowest BCUT2D eigenvalue weighted by molar-refractivity contribution is 0.0952. The van der Waals surface area contributed by atoms with Gasteiger partial charge >= 0.3 is 0 Å². The smallest absolute Gasteiger partial charge is 0.251 e. The van der Waals surface area contributed by atoms with Crippen molar-refractivity contribution in [2.45, 2.75) is 12.8 Å². The summed E-state index contributed by atoms with van der Waals surface area (Å²) in [4.78, 5) is 16.3. The predicted octanol–water partition coefficient (Wildman–Crippen LogP) is 5.14. The molecular weight excluding hydrogens is 388 g/mol. The SMILES string of the molecule is CCOc1ccc(C(=O)NCC(c2ccccc2)c2c[nH]c3ccccc23)cc1OC. The van der Waals surface area contributed by atoms with Gasteiger partial charge in [0.1, 0.15) is 0 Å². The molecule has 158 valence electrons. The summed E-state index contributed by atoms with van der Waals surface area (Å²) in [7, 11) is 1.57. The third-order valence-corrected chi connectivity index (χ3v) is 5.39. The summed E-state index contributed by atoms with van der Waals surface area (Å²) in [6.45, 7) is 2.92. The zero-order valence-corrected chi connectivity index (χ0v) is 17.7. The number of ether oxygens (including phenoxy) is 2. The minimum atomic E-state index is -0.151. The second-order valence-electron chi connectivity index (χ2n) is 7.26. The first-order chi connectivity index (χ1) is 15.2. The van der Waals surface area contributed by atoms with E-state index in [1.807, 2.05) is 43.5 Å². The topological polar surface area (TPSA) is 63.3 Å². The Labute approximate surface area is 182 Å². The van der Waals surface area contributed by atoms with Gasteiger partial charge in [-0.15, -0.1) is 0 Å². The fraction of sp³-hybridized carbons (Fsp3) is 0.192. The standard InChI is InChI=1S/C26H26N2O3/c1-3-31-24-14-13-19(15-25(24)30-2)26(29)28-16-21(18-9-5-4-6-10-18)22-17-27-23-12-8-7-11-20(22)23/h4-15,17,21,27H,3,16H2,1-2H3,(H,28,29). The number of methoxy groups -OCH3 is 1. The Hall–Kier alpha value is -3.73. The lowest BCUT2D eigenvalue weighted by Crippen LogP contribution is -2.29. The Morgan fingerprint density at radius 2 is 1.77 bits per heavy atom. The number of aromatic amines is 1. The molecule has 0 saturated heterocycles. The van der Waals surface area contributed by atoms with Gasteiger partial charge in [0, 0.05) is 35.1 Å². The van der Waals surface area contributed by atoms with E-state index in [0.29, 0.717) is 30.2 Å². The van der Waals surface area contributed by atoms with Crippen molar-refractivity contribution in [2.75, 3.05) is 20.3 Å². The van der Waals surface area contributed by atoms with Crippen molar-refractivity contribution in [2.24, 2.45) is 0 Å². The number of benzene rings is 3. The number of H-pyrrole nitrogens is 1. The molecule has 3 aromatic carbocycles. The zero-order valence-electron chi connectivity index (χ0n) is 17.7. The van der Waals surface area contributed by atoms with Gasteiger partial charge in [-0.05, 0) is 42.3 Å². The van der Waals surface area contributed by atoms with Crippen LogP contribution in [0.5, 0.6) is 11.5 Å². The quantitative estimate of drug-likeness (QED) is 0.420. The molecule has 31 heavy (non-hydrogen) atoms. The Kier molecular flexibility index (Phi) is 6.22. The van der Waals surface area contributed by atoms with Crippen molar-refractivity contribution in [1.29, 1.82) is 0 Å². The summed E-state index contributed by atoms with van der Waals surface area (Å²) >= 11 is 0. The third kappa shape index (κ3) is 4.40. The number of para-hydroxylation sites is 1. The van der Waals surface area contributed by atoms with Gasteiger partial charge in [0.15, 0.2) is 11.5 Å². The minimum absolute atomic E-state index is 0.0193. The molecule has 5 nitrogen and oxygen atoms in total. The van der Waals surface area contributed by atoms with E-state index in [2.05, 4.69) is 34.6 Å². The number of nitrogens with one attached hydrogen (secondary N) is 2. The van der Waals surface area contributed by atoms with Gasteiger partial charge in [-0.2, -0.15) is 0 Å². The van der Waals surface area contributed by atoms with E-state index < -0.39 is 0 Å². The van der Waals surface area contributed by atoms with Gasteiger partial charge < -0.3 is 19.8 Å². The number of hydrogen-bond donors (Lipinski definition) is 2. The molecule has 1 unspecified atom stereocenters. The molecule has 0 spiro atoms. The highest BCUT2D eigenvalue weighted by Crippen LogP contribution is 2.31. The van der Waals surface area contributed by atoms with Crippen LogP contribution in [0.2, 0.25) is 0 Å². The van der Waals surface area contributed by atoms with Crippen molar-refractivity contribution >= 4 is 16.8 Å².